The van der Waals surface area contributed by atoms with Gasteiger partial charge in [0.05, 0.1) is 0 Å². The Balaban J connectivity index is 2.13. The Morgan fingerprint density at radius 1 is 1.54 bits per heavy atom. The maximum Gasteiger partial charge on any atom is 0.245 e. The summed E-state index contributed by atoms with van der Waals surface area (Å²) in [4.78, 5) is 15.3. The molecular formula is C9H11N3O. The number of fused-ring (bicyclic) bond motifs is 1. The second-order valence-electron chi connectivity index (χ2n) is 3.04. The van der Waals surface area contributed by atoms with Crippen molar-refractivity contribution in [2.24, 2.45) is 10.9 Å². The Hall–Kier alpha value is -1.58. The molecule has 0 bridgehead atoms. The second-order valence-corrected chi connectivity index (χ2v) is 3.04. The summed E-state index contributed by atoms with van der Waals surface area (Å²) in [6, 6.07) is 0. The molecule has 4 nitrogen and oxygen atoms in total. The van der Waals surface area contributed by atoms with Crippen molar-refractivity contribution >= 4 is 12.1 Å². The van der Waals surface area contributed by atoms with Gasteiger partial charge in [-0.25, -0.2) is 0 Å². The molecule has 2 rings (SSSR count). The van der Waals surface area contributed by atoms with Crippen LogP contribution in [0.25, 0.3) is 0 Å². The van der Waals surface area contributed by atoms with Gasteiger partial charge in [-0.15, -0.1) is 0 Å². The maximum absolute atomic E-state index is 11.0. The first kappa shape index (κ1) is 8.04. The smallest absolute Gasteiger partial charge is 0.245 e. The Kier molecular flexibility index (Phi) is 2.12. The molecule has 2 N–H and O–H groups in total. The lowest BCUT2D eigenvalue weighted by Gasteiger charge is -2.25. The summed E-state index contributed by atoms with van der Waals surface area (Å²) in [6.07, 6.45) is 8.89. The van der Waals surface area contributed by atoms with Crippen molar-refractivity contribution in [2.45, 2.75) is 6.17 Å². The standard InChI is InChI=1S/C9H11N3O/c13-8-3-5-11-9-7(6-12-8)2-1-4-10-9/h1-5,7,9,11H,6H2,(H,12,13)/b5-3-. The molecule has 68 valence electrons. The maximum atomic E-state index is 11.0. The SMILES string of the molecule is O=C1/C=C\NC2N=CC=CC2CN1. The number of nitrogens with one attached hydrogen (secondary N) is 2. The van der Waals surface area contributed by atoms with E-state index >= 15 is 0 Å². The summed E-state index contributed by atoms with van der Waals surface area (Å²) in [7, 11) is 0. The summed E-state index contributed by atoms with van der Waals surface area (Å²) >= 11 is 0. The fourth-order valence-corrected chi connectivity index (χ4v) is 1.40. The molecule has 0 fully saturated rings. The lowest BCUT2D eigenvalue weighted by atomic mass is 10.0. The molecule has 0 saturated carbocycles. The van der Waals surface area contributed by atoms with Gasteiger partial charge < -0.3 is 10.6 Å². The highest BCUT2D eigenvalue weighted by Gasteiger charge is 2.20. The van der Waals surface area contributed by atoms with Gasteiger partial charge in [-0.2, -0.15) is 0 Å². The molecule has 0 radical (unpaired) electrons. The van der Waals surface area contributed by atoms with Crippen LogP contribution in [0.5, 0.6) is 0 Å². The minimum absolute atomic E-state index is 0.0573. The fraction of sp³-hybridized carbons (Fsp3) is 0.333. The number of allylic oxidation sites excluding steroid dienone is 1. The van der Waals surface area contributed by atoms with Crippen LogP contribution in [-0.2, 0) is 4.79 Å². The predicted octanol–water partition coefficient (Wildman–Crippen LogP) is -0.198. The van der Waals surface area contributed by atoms with Gasteiger partial charge in [0, 0.05) is 31.0 Å². The van der Waals surface area contributed by atoms with E-state index in [0.29, 0.717) is 6.54 Å². The number of carbonyl (C=O) groups excluding carboxylic acids is 1. The molecule has 0 spiro atoms. The van der Waals surface area contributed by atoms with E-state index in [-0.39, 0.29) is 18.0 Å². The zero-order valence-corrected chi connectivity index (χ0v) is 7.10. The highest BCUT2D eigenvalue weighted by Crippen LogP contribution is 2.10. The number of nitrogens with zero attached hydrogens (tertiary/aromatic N) is 1. The lowest BCUT2D eigenvalue weighted by Crippen LogP contribution is -2.41. The summed E-state index contributed by atoms with van der Waals surface area (Å²) in [5, 5.41) is 5.86. The zero-order valence-electron chi connectivity index (χ0n) is 7.10. The van der Waals surface area contributed by atoms with Crippen LogP contribution in [0, 0.1) is 5.92 Å². The van der Waals surface area contributed by atoms with Gasteiger partial charge in [0.1, 0.15) is 6.17 Å². The van der Waals surface area contributed by atoms with Crippen LogP contribution in [0.3, 0.4) is 0 Å². The molecular weight excluding hydrogens is 166 g/mol. The third-order valence-electron chi connectivity index (χ3n) is 2.11. The number of carbonyl (C=O) groups is 1. The molecule has 2 aliphatic heterocycles. The first-order valence-electron chi connectivity index (χ1n) is 4.27. The summed E-state index contributed by atoms with van der Waals surface area (Å²) < 4.78 is 0. The van der Waals surface area contributed by atoms with Gasteiger partial charge >= 0.3 is 0 Å². The first-order chi connectivity index (χ1) is 6.36. The molecule has 1 amide bonds. The van der Waals surface area contributed by atoms with Gasteiger partial charge in [-0.1, -0.05) is 6.08 Å². The molecule has 4 heteroatoms. The largest absolute Gasteiger partial charge is 0.369 e. The van der Waals surface area contributed by atoms with Crippen molar-refractivity contribution in [1.82, 2.24) is 10.6 Å². The van der Waals surface area contributed by atoms with E-state index in [9.17, 15) is 4.79 Å². The van der Waals surface area contributed by atoms with Gasteiger partial charge in [0.25, 0.3) is 0 Å². The molecule has 0 aromatic carbocycles. The van der Waals surface area contributed by atoms with Crippen LogP contribution in [0.2, 0.25) is 0 Å². The summed E-state index contributed by atoms with van der Waals surface area (Å²) in [6.45, 7) is 0.634. The van der Waals surface area contributed by atoms with E-state index < -0.39 is 0 Å². The van der Waals surface area contributed by atoms with Gasteiger partial charge in [0.2, 0.25) is 5.91 Å². The van der Waals surface area contributed by atoms with Crippen molar-refractivity contribution in [3.05, 3.63) is 24.4 Å². The second kappa shape index (κ2) is 3.43. The Bertz CT molecular complexity index is 293. The average molecular weight is 177 g/mol. The molecule has 0 saturated heterocycles. The van der Waals surface area contributed by atoms with E-state index in [2.05, 4.69) is 15.6 Å². The van der Waals surface area contributed by atoms with Crippen LogP contribution in [-0.4, -0.2) is 24.8 Å². The van der Waals surface area contributed by atoms with Crippen LogP contribution < -0.4 is 10.6 Å². The lowest BCUT2D eigenvalue weighted by molar-refractivity contribution is -0.116. The number of dihydropyridines is 1. The fourth-order valence-electron chi connectivity index (χ4n) is 1.40. The number of amides is 1. The summed E-state index contributed by atoms with van der Waals surface area (Å²) in [5.41, 5.74) is 0. The normalized spacial score (nSPS) is 33.7. The molecule has 2 unspecified atom stereocenters. The molecule has 13 heavy (non-hydrogen) atoms. The van der Waals surface area contributed by atoms with Gasteiger partial charge in [-0.3, -0.25) is 9.79 Å². The Labute approximate surface area is 76.4 Å². The van der Waals surface area contributed by atoms with E-state index in [0.717, 1.165) is 0 Å². The van der Waals surface area contributed by atoms with E-state index in [4.69, 9.17) is 0 Å². The third-order valence-corrected chi connectivity index (χ3v) is 2.11. The number of hydrogen-bond acceptors (Lipinski definition) is 3. The quantitative estimate of drug-likeness (QED) is 0.538. The number of hydrogen-bond donors (Lipinski definition) is 2. The van der Waals surface area contributed by atoms with E-state index in [1.54, 1.807) is 12.4 Å². The predicted molar refractivity (Wildman–Crippen MR) is 50.2 cm³/mol. The average Bonchev–Trinajstić information content (AvgIpc) is 2.13. The minimum Gasteiger partial charge on any atom is -0.369 e. The molecule has 0 aromatic rings. The summed E-state index contributed by atoms with van der Waals surface area (Å²) in [5.74, 6) is 0.188. The van der Waals surface area contributed by atoms with Crippen molar-refractivity contribution < 1.29 is 4.79 Å². The number of rotatable bonds is 0. The first-order valence-corrected chi connectivity index (χ1v) is 4.27. The van der Waals surface area contributed by atoms with Gasteiger partial charge in [0.15, 0.2) is 0 Å². The highest BCUT2D eigenvalue weighted by molar-refractivity contribution is 5.87. The molecule has 0 aliphatic carbocycles. The monoisotopic (exact) mass is 177 g/mol. The molecule has 0 aromatic heterocycles. The molecule has 2 atom stereocenters. The van der Waals surface area contributed by atoms with E-state index in [1.807, 2.05) is 12.2 Å². The van der Waals surface area contributed by atoms with E-state index in [1.165, 1.54) is 6.08 Å². The molecule has 2 aliphatic rings. The minimum atomic E-state index is -0.0612. The molecule has 2 heterocycles. The van der Waals surface area contributed by atoms with Crippen LogP contribution in [0.4, 0.5) is 0 Å². The van der Waals surface area contributed by atoms with Crippen molar-refractivity contribution in [3.63, 3.8) is 0 Å². The van der Waals surface area contributed by atoms with Crippen LogP contribution in [0.15, 0.2) is 29.4 Å². The Morgan fingerprint density at radius 3 is 3.38 bits per heavy atom. The van der Waals surface area contributed by atoms with Gasteiger partial charge in [-0.05, 0) is 6.08 Å². The zero-order chi connectivity index (χ0) is 9.10. The third kappa shape index (κ3) is 1.77. The number of aliphatic imine (C=N–C) groups is 1. The van der Waals surface area contributed by atoms with Crippen molar-refractivity contribution in [2.75, 3.05) is 6.54 Å². The Morgan fingerprint density at radius 2 is 2.46 bits per heavy atom. The van der Waals surface area contributed by atoms with Crippen LogP contribution >= 0.6 is 0 Å². The van der Waals surface area contributed by atoms with Crippen molar-refractivity contribution in [3.8, 4) is 0 Å². The van der Waals surface area contributed by atoms with Crippen molar-refractivity contribution in [1.29, 1.82) is 0 Å². The topological polar surface area (TPSA) is 53.5 Å². The van der Waals surface area contributed by atoms with Crippen LogP contribution in [0.1, 0.15) is 0 Å². The highest BCUT2D eigenvalue weighted by atomic mass is 16.1.